The first kappa shape index (κ1) is 17.5. The van der Waals surface area contributed by atoms with Crippen molar-refractivity contribution in [1.29, 1.82) is 0 Å². The largest absolute Gasteiger partial charge is 0.490 e. The lowest BCUT2D eigenvalue weighted by Crippen LogP contribution is -2.17. The maximum Gasteiger partial charge on any atom is 0.161 e. The number of benzene rings is 1. The summed E-state index contributed by atoms with van der Waals surface area (Å²) in [5, 5.41) is 12.4. The Labute approximate surface area is 141 Å². The van der Waals surface area contributed by atoms with E-state index < -0.39 is 0 Å². The SMILES string of the molecule is CCOc1cc(CNCCO)ccc1OCc1ccc(Cl)nc1. The van der Waals surface area contributed by atoms with Crippen molar-refractivity contribution in [2.75, 3.05) is 19.8 Å². The molecule has 0 aliphatic carbocycles. The monoisotopic (exact) mass is 336 g/mol. The van der Waals surface area contributed by atoms with Crippen molar-refractivity contribution in [3.8, 4) is 11.5 Å². The first-order chi connectivity index (χ1) is 11.2. The smallest absolute Gasteiger partial charge is 0.161 e. The van der Waals surface area contributed by atoms with Crippen LogP contribution in [0.1, 0.15) is 18.1 Å². The van der Waals surface area contributed by atoms with Crippen LogP contribution in [0.2, 0.25) is 5.15 Å². The van der Waals surface area contributed by atoms with E-state index in [4.69, 9.17) is 26.2 Å². The Morgan fingerprint density at radius 2 is 1.96 bits per heavy atom. The van der Waals surface area contributed by atoms with Gasteiger partial charge in [-0.05, 0) is 30.7 Å². The van der Waals surface area contributed by atoms with Crippen molar-refractivity contribution >= 4 is 11.6 Å². The number of pyridine rings is 1. The van der Waals surface area contributed by atoms with E-state index in [1.54, 1.807) is 12.3 Å². The summed E-state index contributed by atoms with van der Waals surface area (Å²) in [6.07, 6.45) is 1.69. The lowest BCUT2D eigenvalue weighted by molar-refractivity contribution is 0.268. The fourth-order valence-electron chi connectivity index (χ4n) is 2.01. The average Bonchev–Trinajstić information content (AvgIpc) is 2.56. The lowest BCUT2D eigenvalue weighted by Gasteiger charge is -2.14. The Bertz CT molecular complexity index is 605. The summed E-state index contributed by atoms with van der Waals surface area (Å²) in [5.41, 5.74) is 2.01. The van der Waals surface area contributed by atoms with Crippen LogP contribution in [0.4, 0.5) is 0 Å². The minimum atomic E-state index is 0.120. The number of hydrogen-bond donors (Lipinski definition) is 2. The van der Waals surface area contributed by atoms with Crippen molar-refractivity contribution in [2.24, 2.45) is 0 Å². The van der Waals surface area contributed by atoms with Crippen LogP contribution in [-0.4, -0.2) is 29.8 Å². The molecule has 124 valence electrons. The maximum atomic E-state index is 8.80. The molecule has 0 amide bonds. The highest BCUT2D eigenvalue weighted by Crippen LogP contribution is 2.29. The van der Waals surface area contributed by atoms with Gasteiger partial charge in [-0.15, -0.1) is 0 Å². The van der Waals surface area contributed by atoms with Gasteiger partial charge >= 0.3 is 0 Å². The number of rotatable bonds is 9. The number of aliphatic hydroxyl groups excluding tert-OH is 1. The Morgan fingerprint density at radius 1 is 1.13 bits per heavy atom. The molecule has 2 aromatic rings. The molecule has 5 nitrogen and oxygen atoms in total. The summed E-state index contributed by atoms with van der Waals surface area (Å²) in [6.45, 7) is 4.24. The molecule has 0 spiro atoms. The van der Waals surface area contributed by atoms with Crippen LogP contribution in [0, 0.1) is 0 Å². The Morgan fingerprint density at radius 3 is 2.65 bits per heavy atom. The summed E-state index contributed by atoms with van der Waals surface area (Å²) in [6, 6.07) is 9.43. The maximum absolute atomic E-state index is 8.80. The highest BCUT2D eigenvalue weighted by molar-refractivity contribution is 6.29. The molecule has 0 saturated heterocycles. The molecule has 1 heterocycles. The van der Waals surface area contributed by atoms with Crippen molar-refractivity contribution in [2.45, 2.75) is 20.1 Å². The molecule has 0 atom stereocenters. The third kappa shape index (κ3) is 5.71. The normalized spacial score (nSPS) is 10.6. The predicted octanol–water partition coefficient (Wildman–Crippen LogP) is 2.79. The summed E-state index contributed by atoms with van der Waals surface area (Å²) < 4.78 is 11.5. The third-order valence-electron chi connectivity index (χ3n) is 3.11. The quantitative estimate of drug-likeness (QED) is 0.544. The van der Waals surface area contributed by atoms with Crippen LogP contribution in [0.3, 0.4) is 0 Å². The van der Waals surface area contributed by atoms with Crippen LogP contribution in [-0.2, 0) is 13.2 Å². The second-order valence-corrected chi connectivity index (χ2v) is 5.28. The number of ether oxygens (including phenoxy) is 2. The summed E-state index contributed by atoms with van der Waals surface area (Å²) in [5.74, 6) is 1.39. The van der Waals surface area contributed by atoms with Gasteiger partial charge in [0.15, 0.2) is 11.5 Å². The molecule has 1 aromatic carbocycles. The van der Waals surface area contributed by atoms with Gasteiger partial charge < -0.3 is 19.9 Å². The lowest BCUT2D eigenvalue weighted by atomic mass is 10.2. The highest BCUT2D eigenvalue weighted by Gasteiger charge is 2.07. The van der Waals surface area contributed by atoms with Gasteiger partial charge in [-0.3, -0.25) is 0 Å². The number of halogens is 1. The van der Waals surface area contributed by atoms with Gasteiger partial charge in [0.2, 0.25) is 0 Å². The molecule has 6 heteroatoms. The predicted molar refractivity (Wildman–Crippen MR) is 90.0 cm³/mol. The van der Waals surface area contributed by atoms with Gasteiger partial charge in [0, 0.05) is 24.8 Å². The van der Waals surface area contributed by atoms with Crippen molar-refractivity contribution in [1.82, 2.24) is 10.3 Å². The second kappa shape index (κ2) is 9.35. The van der Waals surface area contributed by atoms with Gasteiger partial charge in [-0.2, -0.15) is 0 Å². The van der Waals surface area contributed by atoms with Gasteiger partial charge in [-0.25, -0.2) is 4.98 Å². The zero-order chi connectivity index (χ0) is 16.5. The number of hydrogen-bond acceptors (Lipinski definition) is 5. The second-order valence-electron chi connectivity index (χ2n) is 4.89. The van der Waals surface area contributed by atoms with Gasteiger partial charge in [0.1, 0.15) is 11.8 Å². The van der Waals surface area contributed by atoms with E-state index in [0.29, 0.717) is 43.0 Å². The van der Waals surface area contributed by atoms with E-state index in [1.807, 2.05) is 31.2 Å². The van der Waals surface area contributed by atoms with E-state index in [9.17, 15) is 0 Å². The van der Waals surface area contributed by atoms with E-state index in [1.165, 1.54) is 0 Å². The van der Waals surface area contributed by atoms with Crippen molar-refractivity contribution in [3.05, 3.63) is 52.8 Å². The summed E-state index contributed by atoms with van der Waals surface area (Å²) >= 11 is 5.77. The minimum absolute atomic E-state index is 0.120. The molecule has 0 aliphatic heterocycles. The highest BCUT2D eigenvalue weighted by atomic mass is 35.5. The molecule has 0 radical (unpaired) electrons. The summed E-state index contributed by atoms with van der Waals surface area (Å²) in [4.78, 5) is 4.03. The molecular formula is C17H21ClN2O3. The molecule has 0 aliphatic rings. The van der Waals surface area contributed by atoms with Crippen molar-refractivity contribution in [3.63, 3.8) is 0 Å². The topological polar surface area (TPSA) is 63.6 Å². The summed E-state index contributed by atoms with van der Waals surface area (Å²) in [7, 11) is 0. The standard InChI is InChI=1S/C17H21ClN2O3/c1-2-22-16-9-13(10-19-7-8-21)3-5-15(16)23-12-14-4-6-17(18)20-11-14/h3-6,9,11,19,21H,2,7-8,10,12H2,1H3. The first-order valence-corrected chi connectivity index (χ1v) is 7.91. The molecule has 0 fully saturated rings. The minimum Gasteiger partial charge on any atom is -0.490 e. The van der Waals surface area contributed by atoms with Crippen LogP contribution in [0.25, 0.3) is 0 Å². The number of aromatic nitrogens is 1. The van der Waals surface area contributed by atoms with E-state index in [0.717, 1.165) is 11.1 Å². The van der Waals surface area contributed by atoms with E-state index in [-0.39, 0.29) is 6.61 Å². The van der Waals surface area contributed by atoms with Crippen LogP contribution in [0.5, 0.6) is 11.5 Å². The molecule has 0 saturated carbocycles. The molecule has 2 N–H and O–H groups in total. The number of aliphatic hydroxyl groups is 1. The Hall–Kier alpha value is -1.82. The number of nitrogens with one attached hydrogen (secondary N) is 1. The zero-order valence-electron chi connectivity index (χ0n) is 13.1. The van der Waals surface area contributed by atoms with Crippen LogP contribution >= 0.6 is 11.6 Å². The molecule has 1 aromatic heterocycles. The van der Waals surface area contributed by atoms with Crippen LogP contribution < -0.4 is 14.8 Å². The first-order valence-electron chi connectivity index (χ1n) is 7.53. The van der Waals surface area contributed by atoms with Gasteiger partial charge in [0.05, 0.1) is 13.2 Å². The Balaban J connectivity index is 2.02. The molecule has 23 heavy (non-hydrogen) atoms. The molecular weight excluding hydrogens is 316 g/mol. The Kier molecular flexibility index (Phi) is 7.13. The fourth-order valence-corrected chi connectivity index (χ4v) is 2.13. The number of nitrogens with zero attached hydrogens (tertiary/aromatic N) is 1. The average molecular weight is 337 g/mol. The molecule has 2 rings (SSSR count). The van der Waals surface area contributed by atoms with E-state index in [2.05, 4.69) is 10.3 Å². The molecule has 0 bridgehead atoms. The van der Waals surface area contributed by atoms with Gasteiger partial charge in [0.25, 0.3) is 0 Å². The van der Waals surface area contributed by atoms with Gasteiger partial charge in [-0.1, -0.05) is 23.7 Å². The zero-order valence-corrected chi connectivity index (χ0v) is 13.8. The van der Waals surface area contributed by atoms with Crippen LogP contribution in [0.15, 0.2) is 36.5 Å². The molecule has 0 unspecified atom stereocenters. The van der Waals surface area contributed by atoms with E-state index >= 15 is 0 Å². The fraction of sp³-hybridized carbons (Fsp3) is 0.353. The van der Waals surface area contributed by atoms with Crippen molar-refractivity contribution < 1.29 is 14.6 Å². The third-order valence-corrected chi connectivity index (χ3v) is 3.33.